The van der Waals surface area contributed by atoms with Gasteiger partial charge in [0.25, 0.3) is 11.6 Å². The van der Waals surface area contributed by atoms with Gasteiger partial charge in [-0.25, -0.2) is 4.79 Å². The highest BCUT2D eigenvalue weighted by molar-refractivity contribution is 5.99. The van der Waals surface area contributed by atoms with Crippen LogP contribution in [0.3, 0.4) is 0 Å². The van der Waals surface area contributed by atoms with Gasteiger partial charge in [-0.3, -0.25) is 14.9 Å². The van der Waals surface area contributed by atoms with Gasteiger partial charge in [0.2, 0.25) is 0 Å². The van der Waals surface area contributed by atoms with Gasteiger partial charge < -0.3 is 15.0 Å². The zero-order valence-electron chi connectivity index (χ0n) is 12.6. The van der Waals surface area contributed by atoms with Crippen LogP contribution in [0.1, 0.15) is 27.6 Å². The van der Waals surface area contributed by atoms with E-state index in [9.17, 15) is 19.7 Å². The Kier molecular flexibility index (Phi) is 6.92. The molecular weight excluding hydrogens is 326 g/mol. The molecule has 1 heterocycles. The second-order valence-corrected chi connectivity index (χ2v) is 4.79. The third-order valence-corrected chi connectivity index (χ3v) is 3.29. The molecule has 1 N–H and O–H groups in total. The first-order valence-corrected chi connectivity index (χ1v) is 6.99. The Hall–Kier alpha value is -2.19. The summed E-state index contributed by atoms with van der Waals surface area (Å²) in [6.45, 7) is 4.19. The molecule has 0 unspecified atom stereocenters. The summed E-state index contributed by atoms with van der Waals surface area (Å²) < 4.78 is 4.85. The summed E-state index contributed by atoms with van der Waals surface area (Å²) in [7, 11) is 0. The van der Waals surface area contributed by atoms with Gasteiger partial charge in [0.15, 0.2) is 0 Å². The van der Waals surface area contributed by atoms with Crippen LogP contribution in [-0.2, 0) is 4.74 Å². The summed E-state index contributed by atoms with van der Waals surface area (Å²) in [4.78, 5) is 36.2. The maximum absolute atomic E-state index is 12.4. The molecule has 126 valence electrons. The molecule has 0 spiro atoms. The van der Waals surface area contributed by atoms with Crippen molar-refractivity contribution in [3.8, 4) is 0 Å². The summed E-state index contributed by atoms with van der Waals surface area (Å²) in [5.41, 5.74) is -0.169. The van der Waals surface area contributed by atoms with Crippen molar-refractivity contribution < 1.29 is 19.2 Å². The largest absolute Gasteiger partial charge is 0.462 e. The Balaban J connectivity index is 0.00000264. The SMILES string of the molecule is CCOC(=O)c1cc(C(=O)N2CCNCC2)cc([N+](=O)[O-])c1.Cl. The van der Waals surface area contributed by atoms with Gasteiger partial charge in [0.1, 0.15) is 0 Å². The number of non-ortho nitro benzene ring substituents is 1. The molecule has 0 saturated carbocycles. The fraction of sp³-hybridized carbons (Fsp3) is 0.429. The number of benzene rings is 1. The average Bonchev–Trinajstić information content (AvgIpc) is 2.54. The lowest BCUT2D eigenvalue weighted by molar-refractivity contribution is -0.384. The smallest absolute Gasteiger partial charge is 0.338 e. The zero-order chi connectivity index (χ0) is 16.1. The quantitative estimate of drug-likeness (QED) is 0.501. The second kappa shape index (κ2) is 8.44. The average molecular weight is 344 g/mol. The van der Waals surface area contributed by atoms with Crippen molar-refractivity contribution >= 4 is 30.0 Å². The van der Waals surface area contributed by atoms with E-state index in [0.29, 0.717) is 26.2 Å². The van der Waals surface area contributed by atoms with Crippen LogP contribution in [0.5, 0.6) is 0 Å². The molecule has 1 aliphatic rings. The fourth-order valence-electron chi connectivity index (χ4n) is 2.22. The van der Waals surface area contributed by atoms with Gasteiger partial charge in [-0.05, 0) is 13.0 Å². The summed E-state index contributed by atoms with van der Waals surface area (Å²) in [6, 6.07) is 3.65. The van der Waals surface area contributed by atoms with Crippen molar-refractivity contribution in [1.82, 2.24) is 10.2 Å². The molecule has 1 aromatic rings. The monoisotopic (exact) mass is 343 g/mol. The highest BCUT2D eigenvalue weighted by Crippen LogP contribution is 2.19. The molecule has 0 aliphatic carbocycles. The van der Waals surface area contributed by atoms with Crippen molar-refractivity contribution in [3.63, 3.8) is 0 Å². The second-order valence-electron chi connectivity index (χ2n) is 4.79. The molecule has 1 aliphatic heterocycles. The van der Waals surface area contributed by atoms with Gasteiger partial charge in [-0.1, -0.05) is 0 Å². The van der Waals surface area contributed by atoms with Gasteiger partial charge in [0.05, 0.1) is 17.1 Å². The normalized spacial score (nSPS) is 13.9. The predicted octanol–water partition coefficient (Wildman–Crippen LogP) is 1.24. The Labute approximate surface area is 139 Å². The van der Waals surface area contributed by atoms with Crippen molar-refractivity contribution in [2.75, 3.05) is 32.8 Å². The lowest BCUT2D eigenvalue weighted by Crippen LogP contribution is -2.46. The van der Waals surface area contributed by atoms with E-state index >= 15 is 0 Å². The molecule has 1 fully saturated rings. The molecule has 2 rings (SSSR count). The zero-order valence-corrected chi connectivity index (χ0v) is 13.4. The molecular formula is C14H18ClN3O5. The number of carbonyl (C=O) groups is 2. The maximum atomic E-state index is 12.4. The molecule has 8 nitrogen and oxygen atoms in total. The Morgan fingerprint density at radius 2 is 1.87 bits per heavy atom. The number of ether oxygens (including phenoxy) is 1. The molecule has 0 atom stereocenters. The molecule has 0 bridgehead atoms. The number of nitrogens with one attached hydrogen (secondary N) is 1. The number of esters is 1. The van der Waals surface area contributed by atoms with E-state index in [0.717, 1.165) is 6.07 Å². The predicted molar refractivity (Wildman–Crippen MR) is 85.1 cm³/mol. The third kappa shape index (κ3) is 4.64. The Bertz CT molecular complexity index is 602. The van der Waals surface area contributed by atoms with Gasteiger partial charge in [0, 0.05) is 43.9 Å². The van der Waals surface area contributed by atoms with E-state index < -0.39 is 10.9 Å². The minimum absolute atomic E-state index is 0. The first-order valence-electron chi connectivity index (χ1n) is 6.99. The van der Waals surface area contributed by atoms with Gasteiger partial charge in [-0.15, -0.1) is 12.4 Å². The first kappa shape index (κ1) is 18.9. The number of nitro groups is 1. The van der Waals surface area contributed by atoms with Crippen LogP contribution in [0.2, 0.25) is 0 Å². The minimum atomic E-state index is -0.680. The molecule has 1 aromatic carbocycles. The van der Waals surface area contributed by atoms with Crippen molar-refractivity contribution in [2.24, 2.45) is 0 Å². The van der Waals surface area contributed by atoms with E-state index in [1.807, 2.05) is 0 Å². The number of halogens is 1. The molecule has 23 heavy (non-hydrogen) atoms. The number of nitro benzene ring substituents is 1. The number of hydrogen-bond donors (Lipinski definition) is 1. The molecule has 0 aromatic heterocycles. The molecule has 1 saturated heterocycles. The third-order valence-electron chi connectivity index (χ3n) is 3.29. The maximum Gasteiger partial charge on any atom is 0.338 e. The van der Waals surface area contributed by atoms with Crippen LogP contribution in [0.15, 0.2) is 18.2 Å². The van der Waals surface area contributed by atoms with Crippen LogP contribution in [0, 0.1) is 10.1 Å². The summed E-state index contributed by atoms with van der Waals surface area (Å²) in [5.74, 6) is -1.00. The van der Waals surface area contributed by atoms with Crippen molar-refractivity contribution in [2.45, 2.75) is 6.92 Å². The van der Waals surface area contributed by atoms with Crippen molar-refractivity contribution in [1.29, 1.82) is 0 Å². The van der Waals surface area contributed by atoms with E-state index in [2.05, 4.69) is 5.32 Å². The van der Waals surface area contributed by atoms with Crippen LogP contribution < -0.4 is 5.32 Å². The fourth-order valence-corrected chi connectivity index (χ4v) is 2.22. The highest BCUT2D eigenvalue weighted by atomic mass is 35.5. The number of nitrogens with zero attached hydrogens (tertiary/aromatic N) is 2. The van der Waals surface area contributed by atoms with Crippen LogP contribution in [-0.4, -0.2) is 54.5 Å². The van der Waals surface area contributed by atoms with Gasteiger partial charge in [-0.2, -0.15) is 0 Å². The topological polar surface area (TPSA) is 102 Å². The minimum Gasteiger partial charge on any atom is -0.462 e. The van der Waals surface area contributed by atoms with E-state index in [4.69, 9.17) is 4.74 Å². The number of piperazine rings is 1. The van der Waals surface area contributed by atoms with Crippen LogP contribution >= 0.6 is 12.4 Å². The highest BCUT2D eigenvalue weighted by Gasteiger charge is 2.23. The lowest BCUT2D eigenvalue weighted by atomic mass is 10.1. The van der Waals surface area contributed by atoms with Crippen LogP contribution in [0.25, 0.3) is 0 Å². The van der Waals surface area contributed by atoms with Gasteiger partial charge >= 0.3 is 5.97 Å². The Morgan fingerprint density at radius 1 is 1.26 bits per heavy atom. The number of carbonyl (C=O) groups excluding carboxylic acids is 2. The summed E-state index contributed by atoms with van der Waals surface area (Å²) >= 11 is 0. The Morgan fingerprint density at radius 3 is 2.43 bits per heavy atom. The van der Waals surface area contributed by atoms with Crippen molar-refractivity contribution in [3.05, 3.63) is 39.4 Å². The van der Waals surface area contributed by atoms with E-state index in [1.165, 1.54) is 12.1 Å². The molecule has 9 heteroatoms. The van der Waals surface area contributed by atoms with E-state index in [-0.39, 0.29) is 41.7 Å². The standard InChI is InChI=1S/C14H17N3O5.ClH/c1-2-22-14(19)11-7-10(8-12(9-11)17(20)21)13(18)16-5-3-15-4-6-16;/h7-9,15H,2-6H2,1H3;1H. The number of amides is 1. The summed E-state index contributed by atoms with van der Waals surface area (Å²) in [6.07, 6.45) is 0. The molecule has 0 radical (unpaired) electrons. The first-order chi connectivity index (χ1) is 10.5. The summed E-state index contributed by atoms with van der Waals surface area (Å²) in [5, 5.41) is 14.1. The van der Waals surface area contributed by atoms with Crippen LogP contribution in [0.4, 0.5) is 5.69 Å². The number of hydrogen-bond acceptors (Lipinski definition) is 6. The van der Waals surface area contributed by atoms with E-state index in [1.54, 1.807) is 11.8 Å². The number of rotatable bonds is 4. The molecule has 1 amide bonds. The lowest BCUT2D eigenvalue weighted by Gasteiger charge is -2.27.